The lowest BCUT2D eigenvalue weighted by molar-refractivity contribution is 0.865. The zero-order valence-corrected chi connectivity index (χ0v) is 6.18. The van der Waals surface area contributed by atoms with Gasteiger partial charge in [-0.25, -0.2) is 0 Å². The lowest BCUT2D eigenvalue weighted by Crippen LogP contribution is -1.85. The number of H-pyrrole nitrogens is 1. The Kier molecular flexibility index (Phi) is 1.77. The molecule has 0 aliphatic rings. The van der Waals surface area contributed by atoms with Crippen LogP contribution >= 0.6 is 0 Å². The number of hydrogen-bond acceptors (Lipinski definition) is 1. The molecule has 10 heavy (non-hydrogen) atoms. The summed E-state index contributed by atoms with van der Waals surface area (Å²) in [6.07, 6.45) is 3.61. The van der Waals surface area contributed by atoms with E-state index in [0.717, 1.165) is 11.1 Å². The molecule has 0 fully saturated rings. The maximum absolute atomic E-state index is 8.59. The molecule has 0 amide bonds. The molecule has 2 heteroatoms. The van der Waals surface area contributed by atoms with Crippen LogP contribution in [0, 0.1) is 11.3 Å². The summed E-state index contributed by atoms with van der Waals surface area (Å²) in [6.45, 7) is 4.15. The molecule has 0 aromatic carbocycles. The van der Waals surface area contributed by atoms with E-state index in [0.29, 0.717) is 5.92 Å². The van der Waals surface area contributed by atoms with Gasteiger partial charge in [-0.1, -0.05) is 13.8 Å². The van der Waals surface area contributed by atoms with Crippen molar-refractivity contribution >= 4 is 0 Å². The van der Waals surface area contributed by atoms with Crippen LogP contribution in [0.4, 0.5) is 0 Å². The van der Waals surface area contributed by atoms with Crippen molar-refractivity contribution in [3.63, 3.8) is 0 Å². The Balaban J connectivity index is 3.05. The predicted molar refractivity (Wildman–Crippen MR) is 39.6 cm³/mol. The molecule has 0 radical (unpaired) electrons. The van der Waals surface area contributed by atoms with Gasteiger partial charge in [0.2, 0.25) is 0 Å². The molecular formula is C8H10N2. The van der Waals surface area contributed by atoms with Crippen LogP contribution in [0.2, 0.25) is 0 Å². The van der Waals surface area contributed by atoms with Crippen molar-refractivity contribution in [2.24, 2.45) is 0 Å². The Morgan fingerprint density at radius 1 is 1.50 bits per heavy atom. The first-order valence-corrected chi connectivity index (χ1v) is 3.32. The van der Waals surface area contributed by atoms with Crippen LogP contribution < -0.4 is 0 Å². The second kappa shape index (κ2) is 2.57. The maximum Gasteiger partial charge on any atom is 0.101 e. The summed E-state index contributed by atoms with van der Waals surface area (Å²) >= 11 is 0. The third-order valence-electron chi connectivity index (χ3n) is 1.52. The van der Waals surface area contributed by atoms with Gasteiger partial charge in [0.05, 0.1) is 5.56 Å². The van der Waals surface area contributed by atoms with Gasteiger partial charge < -0.3 is 4.98 Å². The van der Waals surface area contributed by atoms with E-state index in [9.17, 15) is 0 Å². The number of rotatable bonds is 1. The molecule has 0 aliphatic carbocycles. The molecule has 1 rings (SSSR count). The van der Waals surface area contributed by atoms with Gasteiger partial charge in [0, 0.05) is 12.4 Å². The van der Waals surface area contributed by atoms with Crippen LogP contribution in [0.25, 0.3) is 0 Å². The Hall–Kier alpha value is -1.23. The molecule has 1 N–H and O–H groups in total. The number of nitrogens with zero attached hydrogens (tertiary/aromatic N) is 1. The highest BCUT2D eigenvalue weighted by Gasteiger charge is 2.05. The molecule has 0 aliphatic heterocycles. The minimum atomic E-state index is 0.431. The minimum Gasteiger partial charge on any atom is -0.366 e. The molecule has 2 nitrogen and oxygen atoms in total. The van der Waals surface area contributed by atoms with Crippen LogP contribution in [-0.2, 0) is 0 Å². The smallest absolute Gasteiger partial charge is 0.101 e. The number of aromatic nitrogens is 1. The van der Waals surface area contributed by atoms with E-state index < -0.39 is 0 Å². The van der Waals surface area contributed by atoms with Gasteiger partial charge in [-0.15, -0.1) is 0 Å². The standard InChI is InChI=1S/C8H10N2/c1-6(2)8-5-10-4-7(8)3-9/h4-6,10H,1-2H3. The highest BCUT2D eigenvalue weighted by molar-refractivity contribution is 5.36. The summed E-state index contributed by atoms with van der Waals surface area (Å²) < 4.78 is 0. The zero-order valence-electron chi connectivity index (χ0n) is 6.18. The van der Waals surface area contributed by atoms with E-state index in [4.69, 9.17) is 5.26 Å². The van der Waals surface area contributed by atoms with Crippen molar-refractivity contribution < 1.29 is 0 Å². The van der Waals surface area contributed by atoms with Gasteiger partial charge in [0.25, 0.3) is 0 Å². The summed E-state index contributed by atoms with van der Waals surface area (Å²) in [7, 11) is 0. The molecule has 0 bridgehead atoms. The van der Waals surface area contributed by atoms with Crippen molar-refractivity contribution in [1.29, 1.82) is 5.26 Å². The van der Waals surface area contributed by atoms with E-state index in [1.807, 2.05) is 6.20 Å². The molecule has 0 saturated carbocycles. The summed E-state index contributed by atoms with van der Waals surface area (Å²) in [6, 6.07) is 2.13. The number of nitriles is 1. The summed E-state index contributed by atoms with van der Waals surface area (Å²) in [5.74, 6) is 0.431. The zero-order chi connectivity index (χ0) is 7.56. The molecule has 0 spiro atoms. The van der Waals surface area contributed by atoms with Crippen LogP contribution in [0.1, 0.15) is 30.9 Å². The molecule has 1 heterocycles. The lowest BCUT2D eigenvalue weighted by atomic mass is 10.0. The third-order valence-corrected chi connectivity index (χ3v) is 1.52. The van der Waals surface area contributed by atoms with E-state index in [1.54, 1.807) is 6.20 Å². The minimum absolute atomic E-state index is 0.431. The number of nitrogens with one attached hydrogen (secondary N) is 1. The summed E-state index contributed by atoms with van der Waals surface area (Å²) in [4.78, 5) is 2.91. The Morgan fingerprint density at radius 3 is 2.60 bits per heavy atom. The van der Waals surface area contributed by atoms with E-state index in [1.165, 1.54) is 0 Å². The average molecular weight is 134 g/mol. The number of hydrogen-bond donors (Lipinski definition) is 1. The van der Waals surface area contributed by atoms with Crippen LogP contribution in [0.5, 0.6) is 0 Å². The molecule has 52 valence electrons. The second-order valence-electron chi connectivity index (χ2n) is 2.59. The van der Waals surface area contributed by atoms with Gasteiger partial charge in [0.1, 0.15) is 6.07 Å². The maximum atomic E-state index is 8.59. The van der Waals surface area contributed by atoms with Crippen molar-refractivity contribution in [3.05, 3.63) is 23.5 Å². The molecular weight excluding hydrogens is 124 g/mol. The van der Waals surface area contributed by atoms with Crippen molar-refractivity contribution in [1.82, 2.24) is 4.98 Å². The largest absolute Gasteiger partial charge is 0.366 e. The SMILES string of the molecule is CC(C)c1c[nH]cc1C#N. The third kappa shape index (κ3) is 1.03. The predicted octanol–water partition coefficient (Wildman–Crippen LogP) is 2.01. The van der Waals surface area contributed by atoms with Crippen molar-refractivity contribution in [2.45, 2.75) is 19.8 Å². The molecule has 1 aromatic rings. The quantitative estimate of drug-likeness (QED) is 0.627. The second-order valence-corrected chi connectivity index (χ2v) is 2.59. The van der Waals surface area contributed by atoms with E-state index in [2.05, 4.69) is 24.9 Å². The fourth-order valence-electron chi connectivity index (χ4n) is 0.950. The van der Waals surface area contributed by atoms with Crippen molar-refractivity contribution in [3.8, 4) is 6.07 Å². The summed E-state index contributed by atoms with van der Waals surface area (Å²) in [5, 5.41) is 8.59. The first kappa shape index (κ1) is 6.88. The van der Waals surface area contributed by atoms with Gasteiger partial charge in [-0.05, 0) is 11.5 Å². The van der Waals surface area contributed by atoms with Gasteiger partial charge >= 0.3 is 0 Å². The van der Waals surface area contributed by atoms with Gasteiger partial charge in [-0.3, -0.25) is 0 Å². The van der Waals surface area contributed by atoms with Gasteiger partial charge in [-0.2, -0.15) is 5.26 Å². The highest BCUT2D eigenvalue weighted by atomic mass is 14.6. The topological polar surface area (TPSA) is 39.6 Å². The first-order chi connectivity index (χ1) is 4.75. The Bertz CT molecular complexity index is 252. The van der Waals surface area contributed by atoms with Crippen LogP contribution in [0.3, 0.4) is 0 Å². The first-order valence-electron chi connectivity index (χ1n) is 3.32. The Morgan fingerprint density at radius 2 is 2.20 bits per heavy atom. The van der Waals surface area contributed by atoms with Crippen molar-refractivity contribution in [2.75, 3.05) is 0 Å². The van der Waals surface area contributed by atoms with Crippen LogP contribution in [0.15, 0.2) is 12.4 Å². The Labute approximate surface area is 60.5 Å². The highest BCUT2D eigenvalue weighted by Crippen LogP contribution is 2.17. The number of aromatic amines is 1. The normalized spacial score (nSPS) is 9.80. The van der Waals surface area contributed by atoms with Crippen LogP contribution in [-0.4, -0.2) is 4.98 Å². The average Bonchev–Trinajstić information content (AvgIpc) is 2.33. The molecule has 0 saturated heterocycles. The lowest BCUT2D eigenvalue weighted by Gasteiger charge is -1.99. The summed E-state index contributed by atoms with van der Waals surface area (Å²) in [5.41, 5.74) is 1.86. The van der Waals surface area contributed by atoms with Gasteiger partial charge in [0.15, 0.2) is 0 Å². The van der Waals surface area contributed by atoms with E-state index >= 15 is 0 Å². The fraction of sp³-hybridized carbons (Fsp3) is 0.375. The molecule has 1 aromatic heterocycles. The van der Waals surface area contributed by atoms with E-state index in [-0.39, 0.29) is 0 Å². The molecule has 0 unspecified atom stereocenters. The fourth-order valence-corrected chi connectivity index (χ4v) is 0.950. The monoisotopic (exact) mass is 134 g/mol. The molecule has 0 atom stereocenters.